The average Bonchev–Trinajstić information content (AvgIpc) is 2.53. The van der Waals surface area contributed by atoms with Crippen molar-refractivity contribution in [3.63, 3.8) is 0 Å². The Morgan fingerprint density at radius 2 is 2.00 bits per heavy atom. The van der Waals surface area contributed by atoms with Crippen molar-refractivity contribution < 1.29 is 4.74 Å². The summed E-state index contributed by atoms with van der Waals surface area (Å²) < 4.78 is 6.82. The SMILES string of the molecule is CN(C)Nc1ncnc(Oc2ccc(Br)c3cccnc23)c1N. The molecule has 1 aromatic carbocycles. The molecule has 23 heavy (non-hydrogen) atoms. The first kappa shape index (κ1) is 15.4. The predicted molar refractivity (Wildman–Crippen MR) is 93.3 cm³/mol. The zero-order valence-corrected chi connectivity index (χ0v) is 14.2. The van der Waals surface area contributed by atoms with Crippen molar-refractivity contribution in [2.75, 3.05) is 25.3 Å². The minimum atomic E-state index is 0.277. The highest BCUT2D eigenvalue weighted by Crippen LogP contribution is 2.35. The molecule has 0 radical (unpaired) electrons. The molecule has 0 aliphatic carbocycles. The maximum atomic E-state index is 6.08. The molecule has 0 fully saturated rings. The number of hydrogen-bond donors (Lipinski definition) is 2. The van der Waals surface area contributed by atoms with E-state index in [4.69, 9.17) is 10.5 Å². The Kier molecular flexibility index (Phi) is 4.26. The summed E-state index contributed by atoms with van der Waals surface area (Å²) in [4.78, 5) is 12.6. The summed E-state index contributed by atoms with van der Waals surface area (Å²) in [5.74, 6) is 1.33. The number of benzene rings is 1. The third-order valence-electron chi connectivity index (χ3n) is 3.06. The smallest absolute Gasteiger partial charge is 0.248 e. The van der Waals surface area contributed by atoms with Crippen molar-refractivity contribution in [2.45, 2.75) is 0 Å². The van der Waals surface area contributed by atoms with Gasteiger partial charge in [-0.25, -0.2) is 9.99 Å². The van der Waals surface area contributed by atoms with E-state index >= 15 is 0 Å². The van der Waals surface area contributed by atoms with Gasteiger partial charge in [-0.05, 0) is 18.2 Å². The van der Waals surface area contributed by atoms with Crippen LogP contribution in [0.5, 0.6) is 11.6 Å². The summed E-state index contributed by atoms with van der Waals surface area (Å²) in [6.45, 7) is 0. The molecular weight excluding hydrogens is 360 g/mol. The Balaban J connectivity index is 2.02. The standard InChI is InChI=1S/C15H15BrN6O/c1-22(2)21-14-12(17)15(20-8-19-14)23-11-6-5-10(16)9-4-3-7-18-13(9)11/h3-8H,17H2,1-2H3,(H,19,20,21). The monoisotopic (exact) mass is 374 g/mol. The lowest BCUT2D eigenvalue weighted by molar-refractivity contribution is 0.465. The first-order chi connectivity index (χ1) is 11.1. The van der Waals surface area contributed by atoms with Crippen molar-refractivity contribution in [3.8, 4) is 11.6 Å². The Morgan fingerprint density at radius 1 is 1.17 bits per heavy atom. The van der Waals surface area contributed by atoms with E-state index in [1.807, 2.05) is 38.4 Å². The van der Waals surface area contributed by atoms with Crippen LogP contribution in [0.15, 0.2) is 41.3 Å². The van der Waals surface area contributed by atoms with Crippen molar-refractivity contribution in [1.82, 2.24) is 20.0 Å². The first-order valence-corrected chi connectivity index (χ1v) is 7.61. The van der Waals surface area contributed by atoms with Crippen LogP contribution in [0, 0.1) is 0 Å². The normalized spacial score (nSPS) is 11.0. The number of hydrogen-bond acceptors (Lipinski definition) is 7. The summed E-state index contributed by atoms with van der Waals surface area (Å²) in [6, 6.07) is 7.55. The zero-order valence-electron chi connectivity index (χ0n) is 12.6. The number of fused-ring (bicyclic) bond motifs is 1. The zero-order chi connectivity index (χ0) is 16.4. The topological polar surface area (TPSA) is 89.2 Å². The van der Waals surface area contributed by atoms with E-state index in [-0.39, 0.29) is 5.88 Å². The number of nitrogens with two attached hydrogens (primary N) is 1. The van der Waals surface area contributed by atoms with Crippen LogP contribution in [0.2, 0.25) is 0 Å². The highest BCUT2D eigenvalue weighted by Gasteiger charge is 2.13. The maximum Gasteiger partial charge on any atom is 0.248 e. The second kappa shape index (κ2) is 6.35. The molecule has 3 rings (SSSR count). The van der Waals surface area contributed by atoms with Gasteiger partial charge in [0.1, 0.15) is 17.5 Å². The molecule has 8 heteroatoms. The number of halogens is 1. The third-order valence-corrected chi connectivity index (χ3v) is 3.75. The number of hydrazine groups is 1. The molecule has 0 amide bonds. The molecule has 2 heterocycles. The molecule has 0 aliphatic rings. The van der Waals surface area contributed by atoms with Crippen LogP contribution < -0.4 is 15.9 Å². The van der Waals surface area contributed by atoms with Gasteiger partial charge in [-0.15, -0.1) is 0 Å². The van der Waals surface area contributed by atoms with Gasteiger partial charge in [0, 0.05) is 30.2 Å². The van der Waals surface area contributed by atoms with E-state index in [2.05, 4.69) is 36.3 Å². The van der Waals surface area contributed by atoms with Gasteiger partial charge >= 0.3 is 0 Å². The van der Waals surface area contributed by atoms with Gasteiger partial charge in [0.25, 0.3) is 0 Å². The molecule has 3 N–H and O–H groups in total. The number of anilines is 2. The molecule has 0 bridgehead atoms. The van der Waals surface area contributed by atoms with Gasteiger partial charge in [-0.1, -0.05) is 22.0 Å². The lowest BCUT2D eigenvalue weighted by Gasteiger charge is -2.16. The molecular formula is C15H15BrN6O. The van der Waals surface area contributed by atoms with Crippen molar-refractivity contribution in [1.29, 1.82) is 0 Å². The van der Waals surface area contributed by atoms with E-state index < -0.39 is 0 Å². The Morgan fingerprint density at radius 3 is 2.78 bits per heavy atom. The fraction of sp³-hybridized carbons (Fsp3) is 0.133. The van der Waals surface area contributed by atoms with Crippen LogP contribution >= 0.6 is 15.9 Å². The van der Waals surface area contributed by atoms with E-state index in [0.717, 1.165) is 15.4 Å². The van der Waals surface area contributed by atoms with Crippen LogP contribution in [0.1, 0.15) is 0 Å². The fourth-order valence-electron chi connectivity index (χ4n) is 2.06. The van der Waals surface area contributed by atoms with E-state index in [0.29, 0.717) is 17.3 Å². The van der Waals surface area contributed by atoms with E-state index in [1.54, 1.807) is 11.2 Å². The van der Waals surface area contributed by atoms with Crippen LogP contribution in [-0.4, -0.2) is 34.1 Å². The molecule has 0 saturated carbocycles. The van der Waals surface area contributed by atoms with Crippen LogP contribution in [0.25, 0.3) is 10.9 Å². The molecule has 0 aliphatic heterocycles. The highest BCUT2D eigenvalue weighted by molar-refractivity contribution is 9.10. The second-order valence-electron chi connectivity index (χ2n) is 4.99. The summed E-state index contributed by atoms with van der Waals surface area (Å²) in [5.41, 5.74) is 10.1. The van der Waals surface area contributed by atoms with Crippen molar-refractivity contribution in [3.05, 3.63) is 41.3 Å². The fourth-order valence-corrected chi connectivity index (χ4v) is 2.51. The molecule has 2 aromatic heterocycles. The lowest BCUT2D eigenvalue weighted by atomic mass is 10.2. The molecule has 7 nitrogen and oxygen atoms in total. The minimum absolute atomic E-state index is 0.277. The van der Waals surface area contributed by atoms with Gasteiger partial charge in [0.15, 0.2) is 11.6 Å². The largest absolute Gasteiger partial charge is 0.435 e. The summed E-state index contributed by atoms with van der Waals surface area (Å²) in [5, 5.41) is 2.68. The number of nitrogens with one attached hydrogen (secondary N) is 1. The van der Waals surface area contributed by atoms with Gasteiger partial charge in [-0.2, -0.15) is 4.98 Å². The molecule has 3 aromatic rings. The molecule has 0 saturated heterocycles. The molecule has 0 atom stereocenters. The van der Waals surface area contributed by atoms with E-state index in [9.17, 15) is 0 Å². The number of ether oxygens (including phenoxy) is 1. The minimum Gasteiger partial charge on any atom is -0.435 e. The summed E-state index contributed by atoms with van der Waals surface area (Å²) in [6.07, 6.45) is 3.11. The molecule has 118 valence electrons. The van der Waals surface area contributed by atoms with Crippen molar-refractivity contribution >= 4 is 38.3 Å². The number of nitrogen functional groups attached to an aromatic ring is 1. The number of pyridine rings is 1. The number of rotatable bonds is 4. The lowest BCUT2D eigenvalue weighted by Crippen LogP contribution is -2.21. The van der Waals surface area contributed by atoms with Crippen molar-refractivity contribution in [2.24, 2.45) is 0 Å². The average molecular weight is 375 g/mol. The quantitative estimate of drug-likeness (QED) is 0.678. The predicted octanol–water partition coefficient (Wildman–Crippen LogP) is 3.05. The van der Waals surface area contributed by atoms with Gasteiger partial charge < -0.3 is 15.9 Å². The maximum absolute atomic E-state index is 6.08. The van der Waals surface area contributed by atoms with Gasteiger partial charge in [0.2, 0.25) is 5.88 Å². The molecule has 0 unspecified atom stereocenters. The highest BCUT2D eigenvalue weighted by atomic mass is 79.9. The number of aromatic nitrogens is 3. The van der Waals surface area contributed by atoms with Crippen LogP contribution in [0.3, 0.4) is 0 Å². The van der Waals surface area contributed by atoms with Crippen LogP contribution in [-0.2, 0) is 0 Å². The summed E-state index contributed by atoms with van der Waals surface area (Å²) >= 11 is 3.51. The van der Waals surface area contributed by atoms with Crippen LogP contribution in [0.4, 0.5) is 11.5 Å². The summed E-state index contributed by atoms with van der Waals surface area (Å²) in [7, 11) is 3.68. The number of nitrogens with zero attached hydrogens (tertiary/aromatic N) is 4. The van der Waals surface area contributed by atoms with E-state index in [1.165, 1.54) is 6.33 Å². The molecule has 0 spiro atoms. The Labute approximate surface area is 141 Å². The Hall–Kier alpha value is -2.45. The first-order valence-electron chi connectivity index (χ1n) is 6.82. The van der Waals surface area contributed by atoms with Gasteiger partial charge in [0.05, 0.1) is 0 Å². The Bertz CT molecular complexity index is 854. The second-order valence-corrected chi connectivity index (χ2v) is 5.85. The van der Waals surface area contributed by atoms with Gasteiger partial charge in [-0.3, -0.25) is 4.98 Å². The third kappa shape index (κ3) is 3.17.